The van der Waals surface area contributed by atoms with E-state index in [1.807, 2.05) is 0 Å². The van der Waals surface area contributed by atoms with Crippen LogP contribution in [0, 0.1) is 34.5 Å². The van der Waals surface area contributed by atoms with E-state index in [4.69, 9.17) is 4.74 Å². The van der Waals surface area contributed by atoms with Gasteiger partial charge in [-0.3, -0.25) is 0 Å². The van der Waals surface area contributed by atoms with Gasteiger partial charge in [0.15, 0.2) is 0 Å². The van der Waals surface area contributed by atoms with Crippen molar-refractivity contribution in [3.05, 3.63) is 11.8 Å². The van der Waals surface area contributed by atoms with Crippen LogP contribution in [0.3, 0.4) is 0 Å². The van der Waals surface area contributed by atoms with Crippen molar-refractivity contribution < 1.29 is 9.84 Å². The van der Waals surface area contributed by atoms with Crippen LogP contribution in [0.25, 0.3) is 0 Å². The molecule has 2 heteroatoms. The highest BCUT2D eigenvalue weighted by Crippen LogP contribution is 2.67. The second kappa shape index (κ2) is 5.51. The zero-order chi connectivity index (χ0) is 16.2. The van der Waals surface area contributed by atoms with Gasteiger partial charge in [0.05, 0.1) is 19.5 Å². The lowest BCUT2D eigenvalue weighted by Gasteiger charge is -2.60. The third kappa shape index (κ3) is 2.23. The Bertz CT molecular complexity index is 498. The van der Waals surface area contributed by atoms with Crippen LogP contribution in [0.4, 0.5) is 0 Å². The quantitative estimate of drug-likeness (QED) is 0.695. The Balaban J connectivity index is 1.62. The van der Waals surface area contributed by atoms with Gasteiger partial charge in [0, 0.05) is 0 Å². The maximum absolute atomic E-state index is 10.1. The van der Waals surface area contributed by atoms with Crippen molar-refractivity contribution in [3.8, 4) is 0 Å². The van der Waals surface area contributed by atoms with Crippen molar-refractivity contribution >= 4 is 0 Å². The number of rotatable bonds is 1. The largest absolute Gasteiger partial charge is 0.504 e. The fraction of sp³-hybridized carbons (Fsp3) is 0.905. The first-order chi connectivity index (χ1) is 11.0. The molecule has 0 spiro atoms. The lowest BCUT2D eigenvalue weighted by molar-refractivity contribution is -0.116. The first-order valence-electron chi connectivity index (χ1n) is 9.89. The molecule has 130 valence electrons. The Hall–Kier alpha value is -0.500. The Labute approximate surface area is 141 Å². The molecule has 0 bridgehead atoms. The van der Waals surface area contributed by atoms with Crippen molar-refractivity contribution in [2.24, 2.45) is 34.5 Å². The van der Waals surface area contributed by atoms with E-state index >= 15 is 0 Å². The van der Waals surface area contributed by atoms with E-state index in [-0.39, 0.29) is 6.10 Å². The number of allylic oxidation sites excluding steroid dienone is 1. The molecular formula is C21H34O2. The van der Waals surface area contributed by atoms with Gasteiger partial charge < -0.3 is 9.84 Å². The first kappa shape index (κ1) is 16.0. The summed E-state index contributed by atoms with van der Waals surface area (Å²) in [5, 5.41) is 10.1. The normalized spacial score (nSPS) is 54.3. The van der Waals surface area contributed by atoms with E-state index in [9.17, 15) is 5.11 Å². The van der Waals surface area contributed by atoms with Crippen molar-refractivity contribution in [1.29, 1.82) is 0 Å². The lowest BCUT2D eigenvalue weighted by atomic mass is 9.45. The van der Waals surface area contributed by atoms with Gasteiger partial charge in [0.25, 0.3) is 0 Å². The standard InChI is InChI=1S/C21H34O2/c1-20-10-8-16(22)12-14(20)4-6-17-18-7-5-15(13-23-3)21(18,2)11-9-19(17)20/h13-14,16-19,22H,4-12H2,1-3H3/b15-13-/t14-,16+,17-,18-,19-,20-,21+/m0/s1. The second-order valence-corrected chi connectivity index (χ2v) is 9.46. The molecule has 0 aliphatic heterocycles. The van der Waals surface area contributed by atoms with E-state index in [0.29, 0.717) is 10.8 Å². The van der Waals surface area contributed by atoms with Gasteiger partial charge in [-0.15, -0.1) is 0 Å². The monoisotopic (exact) mass is 318 g/mol. The van der Waals surface area contributed by atoms with Crippen molar-refractivity contribution in [1.82, 2.24) is 0 Å². The van der Waals surface area contributed by atoms with E-state index in [1.54, 1.807) is 12.7 Å². The molecule has 0 amide bonds. The van der Waals surface area contributed by atoms with Crippen LogP contribution >= 0.6 is 0 Å². The van der Waals surface area contributed by atoms with E-state index in [2.05, 4.69) is 20.1 Å². The molecule has 4 saturated carbocycles. The third-order valence-electron chi connectivity index (χ3n) is 8.75. The molecule has 7 atom stereocenters. The van der Waals surface area contributed by atoms with Crippen LogP contribution in [-0.4, -0.2) is 18.3 Å². The maximum Gasteiger partial charge on any atom is 0.0822 e. The average molecular weight is 319 g/mol. The molecule has 0 aromatic heterocycles. The van der Waals surface area contributed by atoms with E-state index in [1.165, 1.54) is 44.9 Å². The Morgan fingerprint density at radius 1 is 1.04 bits per heavy atom. The predicted octanol–water partition coefficient (Wildman–Crippen LogP) is 4.92. The van der Waals surface area contributed by atoms with Gasteiger partial charge in [-0.05, 0) is 97.9 Å². The summed E-state index contributed by atoms with van der Waals surface area (Å²) in [7, 11) is 1.80. The highest BCUT2D eigenvalue weighted by molar-refractivity contribution is 5.22. The number of hydrogen-bond donors (Lipinski definition) is 1. The summed E-state index contributed by atoms with van der Waals surface area (Å²) in [4.78, 5) is 0. The van der Waals surface area contributed by atoms with Crippen molar-refractivity contribution in [3.63, 3.8) is 0 Å². The summed E-state index contributed by atoms with van der Waals surface area (Å²) in [6.07, 6.45) is 13.5. The van der Waals surface area contributed by atoms with Crippen LogP contribution in [0.5, 0.6) is 0 Å². The minimum atomic E-state index is -0.0267. The fourth-order valence-electron chi connectivity index (χ4n) is 7.42. The van der Waals surface area contributed by atoms with Gasteiger partial charge in [0.2, 0.25) is 0 Å². The molecule has 0 heterocycles. The van der Waals surface area contributed by atoms with Gasteiger partial charge in [-0.1, -0.05) is 13.8 Å². The molecule has 0 saturated heterocycles. The zero-order valence-electron chi connectivity index (χ0n) is 15.2. The Kier molecular flexibility index (Phi) is 3.83. The number of fused-ring (bicyclic) bond motifs is 5. The second-order valence-electron chi connectivity index (χ2n) is 9.46. The topological polar surface area (TPSA) is 29.5 Å². The van der Waals surface area contributed by atoms with Gasteiger partial charge in [0.1, 0.15) is 0 Å². The molecule has 1 N–H and O–H groups in total. The van der Waals surface area contributed by atoms with Gasteiger partial charge in [-0.2, -0.15) is 0 Å². The SMILES string of the molecule is CO/C=C1/CC[C@H]2[C@@H]3CC[C@H]4C[C@H](O)CC[C@]4(C)[C@H]3CC[C@]12C. The summed E-state index contributed by atoms with van der Waals surface area (Å²) in [5.41, 5.74) is 2.47. The summed E-state index contributed by atoms with van der Waals surface area (Å²) in [5.74, 6) is 3.45. The van der Waals surface area contributed by atoms with Gasteiger partial charge >= 0.3 is 0 Å². The number of aliphatic hydroxyl groups is 1. The molecule has 4 rings (SSSR count). The molecule has 0 aromatic carbocycles. The average Bonchev–Trinajstić information content (AvgIpc) is 2.85. The molecular weight excluding hydrogens is 284 g/mol. The van der Waals surface area contributed by atoms with E-state index in [0.717, 1.165) is 36.5 Å². The number of hydrogen-bond acceptors (Lipinski definition) is 2. The minimum absolute atomic E-state index is 0.0267. The summed E-state index contributed by atoms with van der Waals surface area (Å²) in [6.45, 7) is 5.09. The number of aliphatic hydroxyl groups excluding tert-OH is 1. The molecule has 23 heavy (non-hydrogen) atoms. The number of ether oxygens (including phenoxy) is 1. The number of methoxy groups -OCH3 is 1. The smallest absolute Gasteiger partial charge is 0.0822 e. The van der Waals surface area contributed by atoms with Crippen molar-refractivity contribution in [2.45, 2.75) is 77.7 Å². The van der Waals surface area contributed by atoms with Crippen LogP contribution < -0.4 is 0 Å². The fourth-order valence-corrected chi connectivity index (χ4v) is 7.42. The molecule has 0 aromatic rings. The lowest BCUT2D eigenvalue weighted by Crippen LogP contribution is -2.53. The summed E-state index contributed by atoms with van der Waals surface area (Å²) in [6, 6.07) is 0. The van der Waals surface area contributed by atoms with Crippen LogP contribution in [0.2, 0.25) is 0 Å². The maximum atomic E-state index is 10.1. The highest BCUT2D eigenvalue weighted by atomic mass is 16.5. The summed E-state index contributed by atoms with van der Waals surface area (Å²) >= 11 is 0. The molecule has 0 unspecified atom stereocenters. The highest BCUT2D eigenvalue weighted by Gasteiger charge is 2.58. The molecule has 2 nitrogen and oxygen atoms in total. The molecule has 4 aliphatic rings. The van der Waals surface area contributed by atoms with Crippen LogP contribution in [0.1, 0.15) is 71.6 Å². The minimum Gasteiger partial charge on any atom is -0.504 e. The van der Waals surface area contributed by atoms with Crippen LogP contribution in [-0.2, 0) is 4.74 Å². The van der Waals surface area contributed by atoms with Crippen LogP contribution in [0.15, 0.2) is 11.8 Å². The summed E-state index contributed by atoms with van der Waals surface area (Å²) < 4.78 is 5.40. The first-order valence-corrected chi connectivity index (χ1v) is 9.89. The third-order valence-corrected chi connectivity index (χ3v) is 8.75. The Morgan fingerprint density at radius 3 is 2.65 bits per heavy atom. The predicted molar refractivity (Wildman–Crippen MR) is 92.8 cm³/mol. The van der Waals surface area contributed by atoms with Crippen molar-refractivity contribution in [2.75, 3.05) is 7.11 Å². The van der Waals surface area contributed by atoms with Gasteiger partial charge in [-0.25, -0.2) is 0 Å². The zero-order valence-corrected chi connectivity index (χ0v) is 15.2. The van der Waals surface area contributed by atoms with E-state index < -0.39 is 0 Å². The molecule has 4 aliphatic carbocycles. The Morgan fingerprint density at radius 2 is 1.87 bits per heavy atom. The molecule has 0 radical (unpaired) electrons. The molecule has 4 fully saturated rings.